The van der Waals surface area contributed by atoms with Gasteiger partial charge in [0.25, 0.3) is 0 Å². The van der Waals surface area contributed by atoms with E-state index in [4.69, 9.17) is 5.73 Å². The van der Waals surface area contributed by atoms with Crippen molar-refractivity contribution in [3.05, 3.63) is 30.2 Å². The highest BCUT2D eigenvalue weighted by Gasteiger charge is 2.27. The zero-order valence-corrected chi connectivity index (χ0v) is 13.7. The summed E-state index contributed by atoms with van der Waals surface area (Å²) in [6.45, 7) is 8.30. The number of aryl methyl sites for hydroxylation is 1. The molecule has 5 heteroatoms. The fourth-order valence-corrected chi connectivity index (χ4v) is 3.60. The third kappa shape index (κ3) is 2.70. The summed E-state index contributed by atoms with van der Waals surface area (Å²) in [6, 6.07) is 0.253. The van der Waals surface area contributed by atoms with Crippen LogP contribution in [0.15, 0.2) is 24.7 Å². The molecule has 1 saturated heterocycles. The Kier molecular flexibility index (Phi) is 3.53. The van der Waals surface area contributed by atoms with E-state index >= 15 is 0 Å². The number of aromatic amines is 1. The summed E-state index contributed by atoms with van der Waals surface area (Å²) >= 11 is 0. The lowest BCUT2D eigenvalue weighted by Gasteiger charge is -2.34. The van der Waals surface area contributed by atoms with Crippen LogP contribution in [0.1, 0.15) is 31.2 Å². The molecular formula is C18H25N5. The van der Waals surface area contributed by atoms with E-state index in [0.29, 0.717) is 5.92 Å². The van der Waals surface area contributed by atoms with Crippen LogP contribution in [0, 0.1) is 12.8 Å². The van der Waals surface area contributed by atoms with Crippen molar-refractivity contribution in [3.63, 3.8) is 0 Å². The van der Waals surface area contributed by atoms with Crippen molar-refractivity contribution in [1.29, 1.82) is 0 Å². The Morgan fingerprint density at radius 1 is 1.43 bits per heavy atom. The Bertz CT molecular complexity index is 743. The number of rotatable bonds is 4. The molecule has 2 aromatic heterocycles. The molecule has 122 valence electrons. The molecule has 0 bridgehead atoms. The molecule has 4 rings (SSSR count). The summed E-state index contributed by atoms with van der Waals surface area (Å²) in [7, 11) is 0. The molecule has 0 amide bonds. The molecular weight excluding hydrogens is 286 g/mol. The van der Waals surface area contributed by atoms with Gasteiger partial charge in [0.05, 0.1) is 16.8 Å². The molecule has 0 radical (unpaired) electrons. The van der Waals surface area contributed by atoms with E-state index in [2.05, 4.69) is 33.7 Å². The average molecular weight is 311 g/mol. The van der Waals surface area contributed by atoms with Gasteiger partial charge in [0, 0.05) is 37.2 Å². The van der Waals surface area contributed by atoms with Gasteiger partial charge in [0.15, 0.2) is 0 Å². The molecule has 1 saturated carbocycles. The lowest BCUT2D eigenvalue weighted by molar-refractivity contribution is 0.506. The molecule has 2 aromatic rings. The van der Waals surface area contributed by atoms with Crippen molar-refractivity contribution in [2.24, 2.45) is 11.7 Å². The Morgan fingerprint density at radius 3 is 3.00 bits per heavy atom. The van der Waals surface area contributed by atoms with Crippen molar-refractivity contribution < 1.29 is 0 Å². The molecule has 5 nitrogen and oxygen atoms in total. The number of H-pyrrole nitrogens is 1. The third-order valence-electron chi connectivity index (χ3n) is 5.00. The Balaban J connectivity index is 1.76. The van der Waals surface area contributed by atoms with Crippen molar-refractivity contribution in [2.45, 2.75) is 38.6 Å². The van der Waals surface area contributed by atoms with Gasteiger partial charge in [-0.2, -0.15) is 0 Å². The fraction of sp³-hybridized carbons (Fsp3) is 0.500. The monoisotopic (exact) mass is 311 g/mol. The summed E-state index contributed by atoms with van der Waals surface area (Å²) < 4.78 is 0. The Hall–Kier alpha value is -2.01. The van der Waals surface area contributed by atoms with Gasteiger partial charge in [-0.3, -0.25) is 0 Å². The van der Waals surface area contributed by atoms with Crippen LogP contribution in [0.2, 0.25) is 0 Å². The second kappa shape index (κ2) is 5.57. The highest BCUT2D eigenvalue weighted by atomic mass is 15.2. The maximum absolute atomic E-state index is 6.20. The van der Waals surface area contributed by atoms with Gasteiger partial charge < -0.3 is 20.9 Å². The molecule has 3 heterocycles. The minimum absolute atomic E-state index is 0.253. The number of hydrogen-bond acceptors (Lipinski definition) is 4. The maximum Gasteiger partial charge on any atom is 0.141 e. The number of piperidine rings is 1. The molecule has 0 aromatic carbocycles. The number of aromatic nitrogens is 2. The highest BCUT2D eigenvalue weighted by molar-refractivity contribution is 6.02. The largest absolute Gasteiger partial charge is 0.369 e. The van der Waals surface area contributed by atoms with E-state index in [9.17, 15) is 0 Å². The number of nitrogens with zero attached hydrogens (tertiary/aromatic N) is 2. The molecule has 1 atom stereocenters. The zero-order chi connectivity index (χ0) is 16.0. The van der Waals surface area contributed by atoms with Crippen molar-refractivity contribution in [1.82, 2.24) is 9.97 Å². The van der Waals surface area contributed by atoms with Gasteiger partial charge in [0.2, 0.25) is 0 Å². The van der Waals surface area contributed by atoms with Crippen molar-refractivity contribution in [2.75, 3.05) is 23.3 Å². The van der Waals surface area contributed by atoms with Gasteiger partial charge in [-0.05, 0) is 44.1 Å². The van der Waals surface area contributed by atoms with E-state index in [-0.39, 0.29) is 6.04 Å². The molecule has 1 aliphatic heterocycles. The van der Waals surface area contributed by atoms with Crippen LogP contribution in [0.4, 0.5) is 11.4 Å². The molecule has 1 unspecified atom stereocenters. The van der Waals surface area contributed by atoms with E-state index in [1.165, 1.54) is 29.5 Å². The van der Waals surface area contributed by atoms with Crippen LogP contribution in [0.25, 0.3) is 11.0 Å². The second-order valence-electron chi connectivity index (χ2n) is 6.99. The van der Waals surface area contributed by atoms with Gasteiger partial charge in [0.1, 0.15) is 5.65 Å². The molecule has 2 aliphatic rings. The van der Waals surface area contributed by atoms with E-state index in [1.807, 2.05) is 12.4 Å². The van der Waals surface area contributed by atoms with Gasteiger partial charge >= 0.3 is 0 Å². The minimum atomic E-state index is 0.253. The molecule has 2 fully saturated rings. The first-order chi connectivity index (χ1) is 11.1. The summed E-state index contributed by atoms with van der Waals surface area (Å²) in [5.41, 5.74) is 11.8. The first-order valence-electron chi connectivity index (χ1n) is 8.56. The van der Waals surface area contributed by atoms with E-state index in [1.54, 1.807) is 0 Å². The van der Waals surface area contributed by atoms with Crippen LogP contribution in [-0.2, 0) is 0 Å². The normalized spacial score (nSPS) is 21.7. The first kappa shape index (κ1) is 14.6. The smallest absolute Gasteiger partial charge is 0.141 e. The third-order valence-corrected chi connectivity index (χ3v) is 5.00. The van der Waals surface area contributed by atoms with Crippen molar-refractivity contribution in [3.8, 4) is 0 Å². The Labute approximate surface area is 137 Å². The number of anilines is 2. The lowest BCUT2D eigenvalue weighted by Crippen LogP contribution is -2.43. The van der Waals surface area contributed by atoms with Gasteiger partial charge in [-0.15, -0.1) is 0 Å². The number of allylic oxidation sites excluding steroid dienone is 1. The zero-order valence-electron chi connectivity index (χ0n) is 13.7. The van der Waals surface area contributed by atoms with Crippen LogP contribution in [0.5, 0.6) is 0 Å². The van der Waals surface area contributed by atoms with E-state index < -0.39 is 0 Å². The average Bonchev–Trinajstić information content (AvgIpc) is 3.31. The minimum Gasteiger partial charge on any atom is -0.369 e. The number of pyridine rings is 1. The fourth-order valence-electron chi connectivity index (χ4n) is 3.60. The summed E-state index contributed by atoms with van der Waals surface area (Å²) in [6.07, 6.45) is 8.72. The number of fused-ring (bicyclic) bond motifs is 1. The summed E-state index contributed by atoms with van der Waals surface area (Å²) in [5.74, 6) is 0.629. The van der Waals surface area contributed by atoms with E-state index in [0.717, 1.165) is 43.0 Å². The van der Waals surface area contributed by atoms with Crippen LogP contribution >= 0.6 is 0 Å². The molecule has 23 heavy (non-hydrogen) atoms. The maximum atomic E-state index is 6.20. The predicted molar refractivity (Wildman–Crippen MR) is 95.7 cm³/mol. The van der Waals surface area contributed by atoms with Gasteiger partial charge in [-0.25, -0.2) is 4.98 Å². The standard InChI is InChI=1S/C18H25N5/c1-11-8-20-18-16(17(11)23-7-3-4-14(19)10-23)15(9-21-18)22-12(2)13-5-6-13/h8-9,13-14,22H,2-7,10,19H2,1H3,(H,20,21). The number of nitrogens with one attached hydrogen (secondary N) is 2. The number of nitrogens with two attached hydrogens (primary N) is 1. The second-order valence-corrected chi connectivity index (χ2v) is 6.99. The Morgan fingerprint density at radius 2 is 2.26 bits per heavy atom. The predicted octanol–water partition coefficient (Wildman–Crippen LogP) is 3.13. The number of hydrogen-bond donors (Lipinski definition) is 3. The molecule has 4 N–H and O–H groups in total. The van der Waals surface area contributed by atoms with Crippen molar-refractivity contribution >= 4 is 22.4 Å². The van der Waals surface area contributed by atoms with Crippen LogP contribution in [-0.4, -0.2) is 29.1 Å². The summed E-state index contributed by atoms with van der Waals surface area (Å²) in [4.78, 5) is 10.3. The summed E-state index contributed by atoms with van der Waals surface area (Å²) in [5, 5.41) is 4.69. The molecule has 1 aliphatic carbocycles. The first-order valence-corrected chi connectivity index (χ1v) is 8.56. The SMILES string of the molecule is C=C(Nc1c[nH]c2ncc(C)c(N3CCCC(N)C3)c12)C1CC1. The van der Waals surface area contributed by atoms with Gasteiger partial charge in [-0.1, -0.05) is 6.58 Å². The van der Waals surface area contributed by atoms with Crippen LogP contribution < -0.4 is 16.0 Å². The van der Waals surface area contributed by atoms with Crippen LogP contribution in [0.3, 0.4) is 0 Å². The lowest BCUT2D eigenvalue weighted by atomic mass is 10.0. The quantitative estimate of drug-likeness (QED) is 0.811. The topological polar surface area (TPSA) is 70.0 Å². The highest BCUT2D eigenvalue weighted by Crippen LogP contribution is 2.40. The molecule has 0 spiro atoms.